The second-order valence-corrected chi connectivity index (χ2v) is 4.30. The van der Waals surface area contributed by atoms with Crippen molar-refractivity contribution in [1.29, 1.82) is 0 Å². The van der Waals surface area contributed by atoms with Crippen LogP contribution in [0.2, 0.25) is 0 Å². The minimum atomic E-state index is -1.45. The summed E-state index contributed by atoms with van der Waals surface area (Å²) in [7, 11) is 0. The van der Waals surface area contributed by atoms with Gasteiger partial charge in [0.15, 0.2) is 0 Å². The van der Waals surface area contributed by atoms with Crippen molar-refractivity contribution in [1.82, 2.24) is 10.2 Å². The molecule has 1 unspecified atom stereocenters. The molecule has 1 rings (SSSR count). The maximum Gasteiger partial charge on any atom is 0.394 e. The maximum atomic E-state index is 11.5. The standard InChI is InChI=1S/C11H19N3O4/c12-5-4-9(15)13-7-8-3-1-2-6-14(8)10(16)11(17)18/h8H,1-7,12H2,(H,13,15)(H,17,18). The molecule has 0 saturated carbocycles. The van der Waals surface area contributed by atoms with Gasteiger partial charge in [0.05, 0.1) is 0 Å². The Morgan fingerprint density at radius 1 is 1.33 bits per heavy atom. The molecule has 0 bridgehead atoms. The van der Waals surface area contributed by atoms with Gasteiger partial charge in [-0.15, -0.1) is 0 Å². The van der Waals surface area contributed by atoms with Crippen LogP contribution in [-0.2, 0) is 14.4 Å². The van der Waals surface area contributed by atoms with Crippen molar-refractivity contribution in [2.45, 2.75) is 31.7 Å². The topological polar surface area (TPSA) is 113 Å². The molecular formula is C11H19N3O4. The Morgan fingerprint density at radius 2 is 2.06 bits per heavy atom. The highest BCUT2D eigenvalue weighted by molar-refractivity contribution is 6.31. The highest BCUT2D eigenvalue weighted by Crippen LogP contribution is 2.16. The first-order valence-electron chi connectivity index (χ1n) is 6.07. The Balaban J connectivity index is 2.52. The molecule has 0 aliphatic carbocycles. The molecule has 1 aliphatic heterocycles. The summed E-state index contributed by atoms with van der Waals surface area (Å²) in [5.41, 5.74) is 5.25. The van der Waals surface area contributed by atoms with E-state index in [1.165, 1.54) is 4.90 Å². The Morgan fingerprint density at radius 3 is 2.67 bits per heavy atom. The van der Waals surface area contributed by atoms with Crippen LogP contribution in [0.4, 0.5) is 0 Å². The predicted molar refractivity (Wildman–Crippen MR) is 63.7 cm³/mol. The first-order valence-corrected chi connectivity index (χ1v) is 6.07. The number of nitrogens with two attached hydrogens (primary N) is 1. The first-order chi connectivity index (χ1) is 8.56. The lowest BCUT2D eigenvalue weighted by molar-refractivity contribution is -0.158. The van der Waals surface area contributed by atoms with E-state index < -0.39 is 11.9 Å². The van der Waals surface area contributed by atoms with Gasteiger partial charge in [-0.05, 0) is 19.3 Å². The average Bonchev–Trinajstić information content (AvgIpc) is 2.36. The van der Waals surface area contributed by atoms with Gasteiger partial charge in [0.1, 0.15) is 0 Å². The largest absolute Gasteiger partial charge is 0.474 e. The molecule has 7 nitrogen and oxygen atoms in total. The third kappa shape index (κ3) is 3.99. The van der Waals surface area contributed by atoms with Crippen LogP contribution in [0.5, 0.6) is 0 Å². The number of carbonyl (C=O) groups is 3. The molecular weight excluding hydrogens is 238 g/mol. The van der Waals surface area contributed by atoms with E-state index in [9.17, 15) is 14.4 Å². The summed E-state index contributed by atoms with van der Waals surface area (Å²) in [6.07, 6.45) is 2.68. The lowest BCUT2D eigenvalue weighted by Gasteiger charge is -2.34. The fourth-order valence-corrected chi connectivity index (χ4v) is 2.05. The van der Waals surface area contributed by atoms with Crippen LogP contribution in [0.3, 0.4) is 0 Å². The molecule has 4 N–H and O–H groups in total. The third-order valence-electron chi connectivity index (χ3n) is 2.98. The number of piperidine rings is 1. The summed E-state index contributed by atoms with van der Waals surface area (Å²) in [6, 6.07) is -0.232. The normalized spacial score (nSPS) is 19.4. The predicted octanol–water partition coefficient (Wildman–Crippen LogP) is -1.08. The first kappa shape index (κ1) is 14.4. The van der Waals surface area contributed by atoms with Crippen LogP contribution in [0.25, 0.3) is 0 Å². The average molecular weight is 257 g/mol. The number of hydrogen-bond acceptors (Lipinski definition) is 4. The number of carboxylic acids is 1. The van der Waals surface area contributed by atoms with Gasteiger partial charge in [0.2, 0.25) is 5.91 Å². The minimum absolute atomic E-state index is 0.175. The SMILES string of the molecule is NCCC(=O)NCC1CCCCN1C(=O)C(=O)O. The van der Waals surface area contributed by atoms with Crippen LogP contribution >= 0.6 is 0 Å². The van der Waals surface area contributed by atoms with E-state index in [0.717, 1.165) is 12.8 Å². The van der Waals surface area contributed by atoms with Crippen molar-refractivity contribution in [2.75, 3.05) is 19.6 Å². The number of carbonyl (C=O) groups excluding carboxylic acids is 2. The number of carboxylic acid groups (broad SMARTS) is 1. The number of rotatable bonds is 4. The van der Waals surface area contributed by atoms with Crippen molar-refractivity contribution in [3.63, 3.8) is 0 Å². The molecule has 7 heteroatoms. The molecule has 102 valence electrons. The monoisotopic (exact) mass is 257 g/mol. The summed E-state index contributed by atoms with van der Waals surface area (Å²) in [6.45, 7) is 0.995. The maximum absolute atomic E-state index is 11.5. The van der Waals surface area contributed by atoms with E-state index in [0.29, 0.717) is 13.0 Å². The van der Waals surface area contributed by atoms with Crippen LogP contribution in [-0.4, -0.2) is 53.5 Å². The van der Waals surface area contributed by atoms with Gasteiger partial charge in [-0.1, -0.05) is 0 Å². The Hall–Kier alpha value is -1.63. The van der Waals surface area contributed by atoms with Crippen LogP contribution < -0.4 is 11.1 Å². The van der Waals surface area contributed by atoms with Gasteiger partial charge in [0, 0.05) is 32.1 Å². The van der Waals surface area contributed by atoms with Gasteiger partial charge >= 0.3 is 11.9 Å². The molecule has 0 spiro atoms. The lowest BCUT2D eigenvalue weighted by Crippen LogP contribution is -2.51. The summed E-state index contributed by atoms with van der Waals surface area (Å²) in [5.74, 6) is -2.52. The molecule has 1 heterocycles. The summed E-state index contributed by atoms with van der Waals surface area (Å²) >= 11 is 0. The van der Waals surface area contributed by atoms with Gasteiger partial charge < -0.3 is 21.1 Å². The van der Waals surface area contributed by atoms with Crippen LogP contribution in [0, 0.1) is 0 Å². The smallest absolute Gasteiger partial charge is 0.394 e. The lowest BCUT2D eigenvalue weighted by atomic mass is 10.0. The van der Waals surface area contributed by atoms with Crippen LogP contribution in [0.15, 0.2) is 0 Å². The van der Waals surface area contributed by atoms with Crippen LogP contribution in [0.1, 0.15) is 25.7 Å². The van der Waals surface area contributed by atoms with E-state index in [1.807, 2.05) is 0 Å². The number of amides is 2. The van der Waals surface area contributed by atoms with E-state index >= 15 is 0 Å². The van der Waals surface area contributed by atoms with Gasteiger partial charge in [-0.3, -0.25) is 9.59 Å². The number of nitrogens with one attached hydrogen (secondary N) is 1. The fraction of sp³-hybridized carbons (Fsp3) is 0.727. The summed E-state index contributed by atoms with van der Waals surface area (Å²) in [4.78, 5) is 34.8. The fourth-order valence-electron chi connectivity index (χ4n) is 2.05. The molecule has 18 heavy (non-hydrogen) atoms. The molecule has 0 aromatic heterocycles. The third-order valence-corrected chi connectivity index (χ3v) is 2.98. The molecule has 1 aliphatic rings. The van der Waals surface area contributed by atoms with Crippen molar-refractivity contribution >= 4 is 17.8 Å². The van der Waals surface area contributed by atoms with Crippen molar-refractivity contribution in [2.24, 2.45) is 5.73 Å². The molecule has 0 radical (unpaired) electrons. The highest BCUT2D eigenvalue weighted by atomic mass is 16.4. The molecule has 1 atom stereocenters. The van der Waals surface area contributed by atoms with Gasteiger partial charge in [0.25, 0.3) is 0 Å². The molecule has 0 aromatic carbocycles. The van der Waals surface area contributed by atoms with Crippen molar-refractivity contribution in [3.8, 4) is 0 Å². The second kappa shape index (κ2) is 6.95. The Kier molecular flexibility index (Phi) is 5.57. The van der Waals surface area contributed by atoms with E-state index in [1.54, 1.807) is 0 Å². The number of likely N-dealkylation sites (tertiary alicyclic amines) is 1. The Bertz CT molecular complexity index is 332. The second-order valence-electron chi connectivity index (χ2n) is 4.30. The zero-order valence-electron chi connectivity index (χ0n) is 10.2. The molecule has 2 amide bonds. The van der Waals surface area contributed by atoms with Gasteiger partial charge in [-0.25, -0.2) is 4.79 Å². The summed E-state index contributed by atoms with van der Waals surface area (Å²) in [5, 5.41) is 11.4. The van der Waals surface area contributed by atoms with Crippen molar-refractivity contribution in [3.05, 3.63) is 0 Å². The zero-order chi connectivity index (χ0) is 13.5. The van der Waals surface area contributed by atoms with Gasteiger partial charge in [-0.2, -0.15) is 0 Å². The van der Waals surface area contributed by atoms with Crippen molar-refractivity contribution < 1.29 is 19.5 Å². The number of hydrogen-bond donors (Lipinski definition) is 3. The molecule has 0 aromatic rings. The number of aliphatic carboxylic acids is 1. The zero-order valence-corrected chi connectivity index (χ0v) is 10.2. The molecule has 1 fully saturated rings. The quantitative estimate of drug-likeness (QED) is 0.554. The molecule has 1 saturated heterocycles. The minimum Gasteiger partial charge on any atom is -0.474 e. The van der Waals surface area contributed by atoms with E-state index in [4.69, 9.17) is 10.8 Å². The van der Waals surface area contributed by atoms with E-state index in [2.05, 4.69) is 5.32 Å². The highest BCUT2D eigenvalue weighted by Gasteiger charge is 2.30. The number of nitrogens with zero attached hydrogens (tertiary/aromatic N) is 1. The van der Waals surface area contributed by atoms with E-state index in [-0.39, 0.29) is 31.5 Å². The summed E-state index contributed by atoms with van der Waals surface area (Å²) < 4.78 is 0. The Labute approximate surface area is 105 Å².